The van der Waals surface area contributed by atoms with Gasteiger partial charge in [-0.3, -0.25) is 13.9 Å². The maximum Gasteiger partial charge on any atom is 0.264 e. The summed E-state index contributed by atoms with van der Waals surface area (Å²) in [7, 11) is -1.61. The number of rotatable bonds is 15. The van der Waals surface area contributed by atoms with Crippen molar-refractivity contribution in [3.8, 4) is 11.5 Å². The molecule has 0 spiro atoms. The monoisotopic (exact) mass is 661 g/mol. The average Bonchev–Trinajstić information content (AvgIpc) is 3.08. The van der Waals surface area contributed by atoms with Crippen molar-refractivity contribution < 1.29 is 31.9 Å². The lowest BCUT2D eigenvalue weighted by Crippen LogP contribution is -2.53. The number of carbonyl (C=O) groups is 2. The molecule has 0 aliphatic heterocycles. The summed E-state index contributed by atoms with van der Waals surface area (Å²) in [6.07, 6.45) is 0.893. The summed E-state index contributed by atoms with van der Waals surface area (Å²) in [4.78, 5) is 29.5. The minimum atomic E-state index is -4.42. The number of nitrogens with zero attached hydrogens (tertiary/aromatic N) is 2. The quantitative estimate of drug-likeness (QED) is 0.180. The second-order valence-electron chi connectivity index (χ2n) is 11.0. The lowest BCUT2D eigenvalue weighted by molar-refractivity contribution is -0.140. The van der Waals surface area contributed by atoms with E-state index in [1.807, 2.05) is 68.4 Å². The summed E-state index contributed by atoms with van der Waals surface area (Å²) in [5, 5.41) is 2.92. The number of benzene rings is 4. The van der Waals surface area contributed by atoms with Gasteiger partial charge in [-0.2, -0.15) is 0 Å². The maximum absolute atomic E-state index is 14.5. The molecule has 0 fully saturated rings. The zero-order valence-electron chi connectivity index (χ0n) is 27.0. The van der Waals surface area contributed by atoms with Crippen LogP contribution in [0.15, 0.2) is 102 Å². The van der Waals surface area contributed by atoms with Crippen LogP contribution in [0, 0.1) is 12.7 Å². The smallest absolute Gasteiger partial charge is 0.264 e. The van der Waals surface area contributed by atoms with Crippen molar-refractivity contribution in [2.45, 2.75) is 44.2 Å². The Bertz CT molecular complexity index is 1770. The average molecular weight is 662 g/mol. The van der Waals surface area contributed by atoms with Crippen LogP contribution in [0.4, 0.5) is 10.1 Å². The number of ether oxygens (including phenoxy) is 2. The third-order valence-corrected chi connectivity index (χ3v) is 9.36. The molecule has 0 heterocycles. The fourth-order valence-electron chi connectivity index (χ4n) is 5.17. The van der Waals surface area contributed by atoms with E-state index in [1.54, 1.807) is 0 Å². The number of nitrogens with one attached hydrogen (secondary N) is 1. The van der Waals surface area contributed by atoms with Gasteiger partial charge in [0.15, 0.2) is 11.5 Å². The first-order chi connectivity index (χ1) is 22.6. The minimum Gasteiger partial charge on any atom is -0.493 e. The molecule has 47 heavy (non-hydrogen) atoms. The van der Waals surface area contributed by atoms with Gasteiger partial charge in [0.2, 0.25) is 11.8 Å². The fraction of sp³-hybridized carbons (Fsp3) is 0.278. The molecule has 1 N–H and O–H groups in total. The summed E-state index contributed by atoms with van der Waals surface area (Å²) >= 11 is 0. The SMILES string of the molecule is CCCNC(=O)C(Cc1ccccc1)N(Cc1cccc(C)c1)C(=O)CN(c1ccc(F)cc1)S(=O)(=O)c1ccc(OC)c(OC)c1. The van der Waals surface area contributed by atoms with Crippen LogP contribution in [0.1, 0.15) is 30.0 Å². The van der Waals surface area contributed by atoms with Gasteiger partial charge in [-0.15, -0.1) is 0 Å². The lowest BCUT2D eigenvalue weighted by atomic mass is 10.0. The van der Waals surface area contributed by atoms with Gasteiger partial charge in [0.1, 0.15) is 18.4 Å². The van der Waals surface area contributed by atoms with Crippen molar-refractivity contribution in [3.05, 3.63) is 120 Å². The van der Waals surface area contributed by atoms with Crippen LogP contribution in [-0.4, -0.2) is 58.5 Å². The van der Waals surface area contributed by atoms with Gasteiger partial charge in [0.05, 0.1) is 24.8 Å². The van der Waals surface area contributed by atoms with E-state index in [0.717, 1.165) is 33.1 Å². The van der Waals surface area contributed by atoms with Crippen molar-refractivity contribution >= 4 is 27.5 Å². The van der Waals surface area contributed by atoms with E-state index in [4.69, 9.17) is 9.47 Å². The number of sulfonamides is 1. The predicted molar refractivity (Wildman–Crippen MR) is 179 cm³/mol. The molecule has 0 bridgehead atoms. The molecule has 0 aliphatic carbocycles. The van der Waals surface area contributed by atoms with E-state index in [1.165, 1.54) is 49.5 Å². The number of aryl methyl sites for hydroxylation is 1. The minimum absolute atomic E-state index is 0.0468. The van der Waals surface area contributed by atoms with Gasteiger partial charge in [-0.25, -0.2) is 12.8 Å². The first-order valence-electron chi connectivity index (χ1n) is 15.2. The standard InChI is InChI=1S/C36H40FN3O6S/c1-5-20-38-36(42)32(22-27-11-7-6-8-12-27)39(24-28-13-9-10-26(2)21-28)35(41)25-40(30-16-14-29(37)15-17-30)47(43,44)31-18-19-33(45-3)34(23-31)46-4/h6-19,21,23,32H,5,20,22,24-25H2,1-4H3,(H,38,42). The van der Waals surface area contributed by atoms with Gasteiger partial charge in [-0.05, 0) is 60.9 Å². The van der Waals surface area contributed by atoms with Crippen molar-refractivity contribution in [1.29, 1.82) is 0 Å². The first-order valence-corrected chi connectivity index (χ1v) is 16.7. The van der Waals surface area contributed by atoms with E-state index in [0.29, 0.717) is 18.7 Å². The van der Waals surface area contributed by atoms with E-state index in [-0.39, 0.29) is 35.2 Å². The fourth-order valence-corrected chi connectivity index (χ4v) is 6.60. The topological polar surface area (TPSA) is 105 Å². The summed E-state index contributed by atoms with van der Waals surface area (Å²) in [6.45, 7) is 3.65. The summed E-state index contributed by atoms with van der Waals surface area (Å²) in [6, 6.07) is 24.9. The van der Waals surface area contributed by atoms with E-state index in [2.05, 4.69) is 5.32 Å². The zero-order chi connectivity index (χ0) is 34.0. The Balaban J connectivity index is 1.82. The molecule has 4 rings (SSSR count). The van der Waals surface area contributed by atoms with Gasteiger partial charge in [0.25, 0.3) is 10.0 Å². The maximum atomic E-state index is 14.5. The second-order valence-corrected chi connectivity index (χ2v) is 12.9. The van der Waals surface area contributed by atoms with Crippen LogP contribution in [0.5, 0.6) is 11.5 Å². The Morgan fingerprint density at radius 2 is 1.53 bits per heavy atom. The Morgan fingerprint density at radius 3 is 2.17 bits per heavy atom. The van der Waals surface area contributed by atoms with Crippen molar-refractivity contribution in [3.63, 3.8) is 0 Å². The molecule has 248 valence electrons. The number of anilines is 1. The van der Waals surface area contributed by atoms with E-state index < -0.39 is 34.3 Å². The molecular weight excluding hydrogens is 621 g/mol. The summed E-state index contributed by atoms with van der Waals surface area (Å²) in [5.74, 6) is -1.04. The number of methoxy groups -OCH3 is 2. The molecule has 9 nitrogen and oxygen atoms in total. The van der Waals surface area contributed by atoms with E-state index in [9.17, 15) is 22.4 Å². The number of hydrogen-bond acceptors (Lipinski definition) is 6. The first kappa shape index (κ1) is 35.0. The molecule has 0 aliphatic rings. The Hall–Kier alpha value is -4.90. The molecular formula is C36H40FN3O6S. The van der Waals surface area contributed by atoms with Crippen LogP contribution in [-0.2, 0) is 32.6 Å². The Kier molecular flexibility index (Phi) is 12.0. The summed E-state index contributed by atoms with van der Waals surface area (Å²) < 4.78 is 54.1. The second kappa shape index (κ2) is 16.1. The highest BCUT2D eigenvalue weighted by Gasteiger charge is 2.35. The molecule has 0 saturated heterocycles. The third-order valence-electron chi connectivity index (χ3n) is 7.59. The van der Waals surface area contributed by atoms with Gasteiger partial charge in [0, 0.05) is 25.6 Å². The van der Waals surface area contributed by atoms with Crippen LogP contribution in [0.3, 0.4) is 0 Å². The largest absolute Gasteiger partial charge is 0.493 e. The number of amides is 2. The molecule has 1 unspecified atom stereocenters. The number of carbonyl (C=O) groups excluding carboxylic acids is 2. The van der Waals surface area contributed by atoms with Gasteiger partial charge < -0.3 is 19.7 Å². The lowest BCUT2D eigenvalue weighted by Gasteiger charge is -2.34. The molecule has 4 aromatic rings. The molecule has 11 heteroatoms. The highest BCUT2D eigenvalue weighted by atomic mass is 32.2. The predicted octanol–water partition coefficient (Wildman–Crippen LogP) is 5.51. The number of halogens is 1. The molecule has 0 saturated carbocycles. The molecule has 1 atom stereocenters. The third kappa shape index (κ3) is 8.88. The highest BCUT2D eigenvalue weighted by Crippen LogP contribution is 2.32. The van der Waals surface area contributed by atoms with Gasteiger partial charge in [-0.1, -0.05) is 67.1 Å². The molecule has 0 aromatic heterocycles. The molecule has 4 aromatic carbocycles. The highest BCUT2D eigenvalue weighted by molar-refractivity contribution is 7.92. The molecule has 0 radical (unpaired) electrons. The van der Waals surface area contributed by atoms with Crippen molar-refractivity contribution in [2.75, 3.05) is 31.6 Å². The summed E-state index contributed by atoms with van der Waals surface area (Å²) in [5.41, 5.74) is 2.64. The molecule has 2 amide bonds. The van der Waals surface area contributed by atoms with Crippen LogP contribution >= 0.6 is 0 Å². The Morgan fingerprint density at radius 1 is 0.851 bits per heavy atom. The Labute approximate surface area is 276 Å². The van der Waals surface area contributed by atoms with Crippen LogP contribution in [0.2, 0.25) is 0 Å². The van der Waals surface area contributed by atoms with E-state index >= 15 is 0 Å². The van der Waals surface area contributed by atoms with Crippen molar-refractivity contribution in [1.82, 2.24) is 10.2 Å². The normalized spacial score (nSPS) is 11.8. The van der Waals surface area contributed by atoms with Crippen LogP contribution in [0.25, 0.3) is 0 Å². The van der Waals surface area contributed by atoms with Crippen LogP contribution < -0.4 is 19.1 Å². The number of hydrogen-bond donors (Lipinski definition) is 1. The van der Waals surface area contributed by atoms with Crippen molar-refractivity contribution in [2.24, 2.45) is 0 Å². The zero-order valence-corrected chi connectivity index (χ0v) is 27.8. The van der Waals surface area contributed by atoms with Gasteiger partial charge >= 0.3 is 0 Å².